The molecule has 2 aromatic rings. The minimum absolute atomic E-state index is 0.0927. The summed E-state index contributed by atoms with van der Waals surface area (Å²) in [5.41, 5.74) is 2.19. The van der Waals surface area contributed by atoms with E-state index in [-0.39, 0.29) is 13.0 Å². The summed E-state index contributed by atoms with van der Waals surface area (Å²) in [5, 5.41) is 2.65. The fraction of sp³-hybridized carbons (Fsp3) is 0.200. The van der Waals surface area contributed by atoms with Crippen LogP contribution in [0.5, 0.6) is 0 Å². The molecule has 3 amide bonds. The normalized spacial score (nSPS) is 12.7. The third kappa shape index (κ3) is 4.03. The van der Waals surface area contributed by atoms with Gasteiger partial charge in [0.25, 0.3) is 17.7 Å². The molecule has 0 fully saturated rings. The maximum Gasteiger partial charge on any atom is 0.308 e. The number of hydrogen-bond acceptors (Lipinski definition) is 5. The smallest absolute Gasteiger partial charge is 0.308 e. The Balaban J connectivity index is 1.47. The lowest BCUT2D eigenvalue weighted by Crippen LogP contribution is -2.32. The third-order valence-electron chi connectivity index (χ3n) is 4.20. The quantitative estimate of drug-likeness (QED) is 0.625. The Bertz CT molecular complexity index is 887. The molecule has 0 unspecified atom stereocenters. The highest BCUT2D eigenvalue weighted by Gasteiger charge is 2.35. The highest BCUT2D eigenvalue weighted by Crippen LogP contribution is 2.22. The van der Waals surface area contributed by atoms with Gasteiger partial charge in [0, 0.05) is 12.2 Å². The largest absolute Gasteiger partial charge is 0.456 e. The maximum absolute atomic E-state index is 12.2. The number of amides is 3. The summed E-state index contributed by atoms with van der Waals surface area (Å²) >= 11 is 0. The molecular weight excluding hydrogens is 348 g/mol. The van der Waals surface area contributed by atoms with E-state index in [2.05, 4.69) is 5.32 Å². The predicted molar refractivity (Wildman–Crippen MR) is 97.2 cm³/mol. The minimum Gasteiger partial charge on any atom is -0.456 e. The van der Waals surface area contributed by atoms with Crippen molar-refractivity contribution < 1.29 is 23.9 Å². The lowest BCUT2D eigenvalue weighted by molar-refractivity contribution is -0.147. The topological polar surface area (TPSA) is 92.8 Å². The number of rotatable bonds is 6. The van der Waals surface area contributed by atoms with Crippen LogP contribution in [0.3, 0.4) is 0 Å². The monoisotopic (exact) mass is 366 g/mol. The summed E-state index contributed by atoms with van der Waals surface area (Å²) in [6, 6.07) is 13.7. The van der Waals surface area contributed by atoms with Crippen LogP contribution in [-0.2, 0) is 14.3 Å². The zero-order valence-electron chi connectivity index (χ0n) is 14.7. The number of hydrogen-bond donors (Lipinski definition) is 1. The first-order chi connectivity index (χ1) is 13.0. The van der Waals surface area contributed by atoms with E-state index in [1.165, 1.54) is 0 Å². The molecule has 1 N–H and O–H groups in total. The summed E-state index contributed by atoms with van der Waals surface area (Å²) in [5.74, 6) is -1.98. The Labute approximate surface area is 155 Å². The maximum atomic E-state index is 12.2. The van der Waals surface area contributed by atoms with E-state index in [0.29, 0.717) is 16.8 Å². The van der Waals surface area contributed by atoms with Crippen molar-refractivity contribution in [2.24, 2.45) is 0 Å². The third-order valence-corrected chi connectivity index (χ3v) is 4.20. The number of nitrogens with zero attached hydrogens (tertiary/aromatic N) is 1. The van der Waals surface area contributed by atoms with Gasteiger partial charge < -0.3 is 10.1 Å². The second kappa shape index (κ2) is 7.82. The molecule has 2 aromatic carbocycles. The Morgan fingerprint density at radius 2 is 1.56 bits per heavy atom. The lowest BCUT2D eigenvalue weighted by atomic mass is 10.1. The highest BCUT2D eigenvalue weighted by molar-refractivity contribution is 6.21. The fourth-order valence-corrected chi connectivity index (χ4v) is 2.76. The number of ether oxygens (including phenoxy) is 1. The van der Waals surface area contributed by atoms with Gasteiger partial charge in [0.2, 0.25) is 0 Å². The Morgan fingerprint density at radius 3 is 2.19 bits per heavy atom. The standard InChI is InChI=1S/C20H18N2O5/c1-13-6-2-5-9-16(13)21-17(23)12-27-18(24)10-11-22-19(25)14-7-3-4-8-15(14)20(22)26/h2-9H,10-12H2,1H3,(H,21,23). The number of fused-ring (bicyclic) bond motifs is 1. The Kier molecular flexibility index (Phi) is 5.30. The van der Waals surface area contributed by atoms with Crippen LogP contribution in [0, 0.1) is 6.92 Å². The van der Waals surface area contributed by atoms with Crippen LogP contribution >= 0.6 is 0 Å². The first-order valence-electron chi connectivity index (χ1n) is 8.43. The minimum atomic E-state index is -0.661. The van der Waals surface area contributed by atoms with Gasteiger partial charge in [-0.1, -0.05) is 30.3 Å². The van der Waals surface area contributed by atoms with Gasteiger partial charge in [0.1, 0.15) is 0 Å². The Hall–Kier alpha value is -3.48. The molecule has 7 heteroatoms. The summed E-state index contributed by atoms with van der Waals surface area (Å²) in [7, 11) is 0. The molecule has 0 bridgehead atoms. The van der Waals surface area contributed by atoms with Crippen molar-refractivity contribution >= 4 is 29.4 Å². The SMILES string of the molecule is Cc1ccccc1NC(=O)COC(=O)CCN1C(=O)c2ccccc2C1=O. The van der Waals surface area contributed by atoms with Gasteiger partial charge in [-0.15, -0.1) is 0 Å². The fourth-order valence-electron chi connectivity index (χ4n) is 2.76. The summed E-state index contributed by atoms with van der Waals surface area (Å²) in [4.78, 5) is 49.2. The van der Waals surface area contributed by atoms with E-state index < -0.39 is 30.3 Å². The number of anilines is 1. The number of aryl methyl sites for hydroxylation is 1. The van der Waals surface area contributed by atoms with E-state index in [0.717, 1.165) is 10.5 Å². The number of esters is 1. The number of imide groups is 1. The molecule has 3 rings (SSSR count). The van der Waals surface area contributed by atoms with Gasteiger partial charge in [0.05, 0.1) is 17.5 Å². The van der Waals surface area contributed by atoms with E-state index >= 15 is 0 Å². The van der Waals surface area contributed by atoms with Crippen LogP contribution < -0.4 is 5.32 Å². The van der Waals surface area contributed by atoms with Crippen molar-refractivity contribution in [2.75, 3.05) is 18.5 Å². The number of benzene rings is 2. The summed E-state index contributed by atoms with van der Waals surface area (Å²) in [6.45, 7) is 1.32. The van der Waals surface area contributed by atoms with E-state index in [1.54, 1.807) is 36.4 Å². The van der Waals surface area contributed by atoms with Crippen LogP contribution in [-0.4, -0.2) is 41.7 Å². The van der Waals surface area contributed by atoms with Crippen molar-refractivity contribution in [3.8, 4) is 0 Å². The van der Waals surface area contributed by atoms with E-state index in [4.69, 9.17) is 4.74 Å². The van der Waals surface area contributed by atoms with E-state index in [9.17, 15) is 19.2 Å². The molecule has 0 radical (unpaired) electrons. The molecule has 1 aliphatic rings. The first-order valence-corrected chi connectivity index (χ1v) is 8.43. The van der Waals surface area contributed by atoms with Crippen LogP contribution in [0.4, 0.5) is 5.69 Å². The number of carbonyl (C=O) groups excluding carboxylic acids is 4. The molecule has 0 saturated heterocycles. The molecule has 1 heterocycles. The van der Waals surface area contributed by atoms with Crippen LogP contribution in [0.25, 0.3) is 0 Å². The van der Waals surface area contributed by atoms with Crippen molar-refractivity contribution in [3.05, 3.63) is 65.2 Å². The van der Waals surface area contributed by atoms with Gasteiger partial charge in [0.15, 0.2) is 6.61 Å². The van der Waals surface area contributed by atoms with Crippen molar-refractivity contribution in [1.29, 1.82) is 0 Å². The van der Waals surface area contributed by atoms with Crippen molar-refractivity contribution in [1.82, 2.24) is 4.90 Å². The van der Waals surface area contributed by atoms with E-state index in [1.807, 2.05) is 19.1 Å². The molecule has 138 valence electrons. The first kappa shape index (κ1) is 18.3. The van der Waals surface area contributed by atoms with Gasteiger partial charge in [-0.3, -0.25) is 24.1 Å². The lowest BCUT2D eigenvalue weighted by Gasteiger charge is -2.13. The van der Waals surface area contributed by atoms with Crippen molar-refractivity contribution in [2.45, 2.75) is 13.3 Å². The number of carbonyl (C=O) groups is 4. The molecule has 0 spiro atoms. The van der Waals surface area contributed by atoms with Crippen molar-refractivity contribution in [3.63, 3.8) is 0 Å². The summed E-state index contributed by atoms with van der Waals surface area (Å²) < 4.78 is 4.92. The average molecular weight is 366 g/mol. The molecule has 0 saturated carbocycles. The zero-order valence-corrected chi connectivity index (χ0v) is 14.7. The second-order valence-electron chi connectivity index (χ2n) is 6.08. The van der Waals surface area contributed by atoms with Crippen LogP contribution in [0.1, 0.15) is 32.7 Å². The molecule has 0 aliphatic carbocycles. The zero-order chi connectivity index (χ0) is 19.4. The van der Waals surface area contributed by atoms with Gasteiger partial charge in [-0.2, -0.15) is 0 Å². The molecule has 27 heavy (non-hydrogen) atoms. The molecule has 0 aromatic heterocycles. The predicted octanol–water partition coefficient (Wildman–Crippen LogP) is 2.16. The molecular formula is C20H18N2O5. The van der Waals surface area contributed by atoms with Crippen LogP contribution in [0.15, 0.2) is 48.5 Å². The number of para-hydroxylation sites is 1. The molecule has 0 atom stereocenters. The van der Waals surface area contributed by atoms with Crippen LogP contribution in [0.2, 0.25) is 0 Å². The second-order valence-corrected chi connectivity index (χ2v) is 6.08. The number of nitrogens with one attached hydrogen (secondary N) is 1. The van der Waals surface area contributed by atoms with Gasteiger partial charge in [-0.05, 0) is 30.7 Å². The molecule has 1 aliphatic heterocycles. The van der Waals surface area contributed by atoms with Gasteiger partial charge in [-0.25, -0.2) is 0 Å². The summed E-state index contributed by atoms with van der Waals surface area (Å²) in [6.07, 6.45) is -0.177. The Morgan fingerprint density at radius 1 is 0.963 bits per heavy atom. The average Bonchev–Trinajstić information content (AvgIpc) is 2.91. The molecule has 7 nitrogen and oxygen atoms in total. The highest BCUT2D eigenvalue weighted by atomic mass is 16.5. The van der Waals surface area contributed by atoms with Gasteiger partial charge >= 0.3 is 5.97 Å².